The molecule has 0 saturated carbocycles. The number of fused-ring (bicyclic) bond motifs is 1. The number of rotatable bonds is 12. The average molecular weight is 388 g/mol. The summed E-state index contributed by atoms with van der Waals surface area (Å²) in [5.74, 6) is -1.09. The number of esters is 1. The molecule has 0 aromatic heterocycles. The Hall–Kier alpha value is -2.70. The number of benzene rings is 1. The number of amides is 3. The van der Waals surface area contributed by atoms with E-state index in [1.54, 1.807) is 24.3 Å². The molecule has 1 aliphatic heterocycles. The van der Waals surface area contributed by atoms with E-state index >= 15 is 0 Å². The number of unbranched alkanes of at least 4 members (excludes halogenated alkanes) is 3. The van der Waals surface area contributed by atoms with Crippen LogP contribution in [0.3, 0.4) is 0 Å². The minimum absolute atomic E-state index is 0.0298. The molecule has 1 heterocycles. The maximum absolute atomic E-state index is 12.2. The van der Waals surface area contributed by atoms with E-state index in [-0.39, 0.29) is 43.8 Å². The molecule has 7 heteroatoms. The lowest BCUT2D eigenvalue weighted by Crippen LogP contribution is -2.31. The third kappa shape index (κ3) is 6.18. The van der Waals surface area contributed by atoms with Crippen molar-refractivity contribution in [3.8, 4) is 0 Å². The highest BCUT2D eigenvalue weighted by atomic mass is 16.5. The number of carbonyl (C=O) groups excluding carboxylic acids is 4. The zero-order chi connectivity index (χ0) is 20.4. The van der Waals surface area contributed by atoms with Gasteiger partial charge in [-0.3, -0.25) is 24.1 Å². The highest BCUT2D eigenvalue weighted by Gasteiger charge is 2.34. The van der Waals surface area contributed by atoms with Gasteiger partial charge in [-0.25, -0.2) is 0 Å². The van der Waals surface area contributed by atoms with Crippen molar-refractivity contribution in [2.24, 2.45) is 0 Å². The average Bonchev–Trinajstić information content (AvgIpc) is 2.94. The summed E-state index contributed by atoms with van der Waals surface area (Å²) in [7, 11) is 0. The predicted octanol–water partition coefficient (Wildman–Crippen LogP) is 2.69. The molecule has 1 N–H and O–H groups in total. The number of carbonyl (C=O) groups is 4. The molecule has 1 aromatic carbocycles. The van der Waals surface area contributed by atoms with Crippen LogP contribution in [-0.4, -0.2) is 48.3 Å². The first kappa shape index (κ1) is 21.6. The standard InChI is InChI=1S/C21H28N2O5/c1-2-3-4-5-11-18(24)22-13-15-28-19(25)12-8-14-23-20(26)16-9-6-7-10-17(16)21(23)27/h6-7,9-10H,2-5,8,11-15H2,1H3,(H,22,24). The second kappa shape index (κ2) is 11.2. The molecule has 3 amide bonds. The van der Waals surface area contributed by atoms with Crippen LogP contribution in [0.5, 0.6) is 0 Å². The van der Waals surface area contributed by atoms with Crippen molar-refractivity contribution in [3.05, 3.63) is 35.4 Å². The van der Waals surface area contributed by atoms with Crippen LogP contribution in [0.1, 0.15) is 72.6 Å². The molecule has 0 fully saturated rings. The first-order valence-electron chi connectivity index (χ1n) is 9.92. The Labute approximate surface area is 165 Å². The molecule has 2 rings (SSSR count). The first-order chi connectivity index (χ1) is 13.5. The first-order valence-corrected chi connectivity index (χ1v) is 9.92. The van der Waals surface area contributed by atoms with Gasteiger partial charge in [-0.05, 0) is 25.0 Å². The maximum Gasteiger partial charge on any atom is 0.305 e. The maximum atomic E-state index is 12.2. The third-order valence-corrected chi connectivity index (χ3v) is 4.59. The van der Waals surface area contributed by atoms with Crippen LogP contribution in [0, 0.1) is 0 Å². The number of imide groups is 1. The molecule has 1 aromatic rings. The van der Waals surface area contributed by atoms with Gasteiger partial charge in [0.25, 0.3) is 11.8 Å². The molecule has 0 aliphatic carbocycles. The van der Waals surface area contributed by atoms with Gasteiger partial charge in [0, 0.05) is 19.4 Å². The van der Waals surface area contributed by atoms with Crippen molar-refractivity contribution in [1.29, 1.82) is 0 Å². The van der Waals surface area contributed by atoms with E-state index in [4.69, 9.17) is 4.74 Å². The lowest BCUT2D eigenvalue weighted by molar-refractivity contribution is -0.144. The molecule has 0 saturated heterocycles. The summed E-state index contributed by atoms with van der Waals surface area (Å²) in [6.45, 7) is 2.70. The Morgan fingerprint density at radius 3 is 2.29 bits per heavy atom. The Kier molecular flexibility index (Phi) is 8.65. The molecule has 0 unspecified atom stereocenters. The van der Waals surface area contributed by atoms with Gasteiger partial charge in [-0.1, -0.05) is 38.3 Å². The molecule has 0 spiro atoms. The summed E-state index contributed by atoms with van der Waals surface area (Å²) in [4.78, 5) is 49.0. The van der Waals surface area contributed by atoms with Crippen molar-refractivity contribution < 1.29 is 23.9 Å². The highest BCUT2D eigenvalue weighted by Crippen LogP contribution is 2.22. The second-order valence-corrected chi connectivity index (χ2v) is 6.79. The fourth-order valence-electron chi connectivity index (χ4n) is 3.05. The van der Waals surface area contributed by atoms with Gasteiger partial charge in [-0.2, -0.15) is 0 Å². The highest BCUT2D eigenvalue weighted by molar-refractivity contribution is 6.21. The smallest absolute Gasteiger partial charge is 0.305 e. The molecule has 7 nitrogen and oxygen atoms in total. The van der Waals surface area contributed by atoms with Gasteiger partial charge in [0.05, 0.1) is 17.7 Å². The lowest BCUT2D eigenvalue weighted by Gasteiger charge is -2.13. The normalized spacial score (nSPS) is 12.8. The van der Waals surface area contributed by atoms with Crippen LogP contribution in [0.4, 0.5) is 0 Å². The van der Waals surface area contributed by atoms with Crippen molar-refractivity contribution >= 4 is 23.7 Å². The van der Waals surface area contributed by atoms with E-state index in [0.717, 1.165) is 30.6 Å². The topological polar surface area (TPSA) is 92.8 Å². The lowest BCUT2D eigenvalue weighted by atomic mass is 10.1. The number of nitrogens with one attached hydrogen (secondary N) is 1. The Bertz CT molecular complexity index is 682. The van der Waals surface area contributed by atoms with Gasteiger partial charge < -0.3 is 10.1 Å². The van der Waals surface area contributed by atoms with Crippen LogP contribution in [0.2, 0.25) is 0 Å². The van der Waals surface area contributed by atoms with Gasteiger partial charge in [0.15, 0.2) is 0 Å². The zero-order valence-corrected chi connectivity index (χ0v) is 16.4. The molecule has 1 aliphatic rings. The van der Waals surface area contributed by atoms with Crippen molar-refractivity contribution in [1.82, 2.24) is 10.2 Å². The van der Waals surface area contributed by atoms with Gasteiger partial charge in [0.2, 0.25) is 5.91 Å². The van der Waals surface area contributed by atoms with Crippen LogP contribution in [0.25, 0.3) is 0 Å². The van der Waals surface area contributed by atoms with Crippen molar-refractivity contribution in [2.75, 3.05) is 19.7 Å². The molecule has 0 bridgehead atoms. The Morgan fingerprint density at radius 1 is 0.964 bits per heavy atom. The van der Waals surface area contributed by atoms with Gasteiger partial charge >= 0.3 is 5.97 Å². The number of hydrogen-bond acceptors (Lipinski definition) is 5. The minimum atomic E-state index is -0.409. The quantitative estimate of drug-likeness (QED) is 0.338. The summed E-state index contributed by atoms with van der Waals surface area (Å²) in [5, 5.41) is 2.72. The van der Waals surface area contributed by atoms with E-state index in [9.17, 15) is 19.2 Å². The second-order valence-electron chi connectivity index (χ2n) is 6.79. The van der Waals surface area contributed by atoms with E-state index in [1.165, 1.54) is 0 Å². The van der Waals surface area contributed by atoms with Crippen LogP contribution >= 0.6 is 0 Å². The molecule has 0 radical (unpaired) electrons. The minimum Gasteiger partial charge on any atom is -0.464 e. The fraction of sp³-hybridized carbons (Fsp3) is 0.524. The van der Waals surface area contributed by atoms with Crippen molar-refractivity contribution in [2.45, 2.75) is 51.9 Å². The monoisotopic (exact) mass is 388 g/mol. The van der Waals surface area contributed by atoms with Gasteiger partial charge in [-0.15, -0.1) is 0 Å². The molecule has 152 valence electrons. The van der Waals surface area contributed by atoms with E-state index in [2.05, 4.69) is 12.2 Å². The fourth-order valence-corrected chi connectivity index (χ4v) is 3.05. The number of ether oxygens (including phenoxy) is 1. The van der Waals surface area contributed by atoms with Gasteiger partial charge in [0.1, 0.15) is 6.61 Å². The van der Waals surface area contributed by atoms with E-state index in [0.29, 0.717) is 24.0 Å². The molecular formula is C21H28N2O5. The summed E-state index contributed by atoms with van der Waals surface area (Å²) >= 11 is 0. The van der Waals surface area contributed by atoms with Crippen LogP contribution < -0.4 is 5.32 Å². The Balaban J connectivity index is 1.57. The summed E-state index contributed by atoms with van der Waals surface area (Å²) in [6, 6.07) is 6.69. The number of hydrogen-bond donors (Lipinski definition) is 1. The van der Waals surface area contributed by atoms with E-state index < -0.39 is 5.97 Å². The summed E-state index contributed by atoms with van der Waals surface area (Å²) < 4.78 is 5.07. The predicted molar refractivity (Wildman–Crippen MR) is 104 cm³/mol. The zero-order valence-electron chi connectivity index (χ0n) is 16.4. The molecular weight excluding hydrogens is 360 g/mol. The molecule has 0 atom stereocenters. The third-order valence-electron chi connectivity index (χ3n) is 4.59. The van der Waals surface area contributed by atoms with Crippen LogP contribution in [-0.2, 0) is 14.3 Å². The SMILES string of the molecule is CCCCCCC(=O)NCCOC(=O)CCCN1C(=O)c2ccccc2C1=O. The summed E-state index contributed by atoms with van der Waals surface area (Å²) in [6.07, 6.45) is 5.13. The van der Waals surface area contributed by atoms with Crippen LogP contribution in [0.15, 0.2) is 24.3 Å². The van der Waals surface area contributed by atoms with Crippen molar-refractivity contribution in [3.63, 3.8) is 0 Å². The Morgan fingerprint density at radius 2 is 1.64 bits per heavy atom. The number of nitrogens with zero attached hydrogens (tertiary/aromatic N) is 1. The summed E-state index contributed by atoms with van der Waals surface area (Å²) in [5.41, 5.74) is 0.807. The largest absolute Gasteiger partial charge is 0.464 e. The molecule has 28 heavy (non-hydrogen) atoms. The van der Waals surface area contributed by atoms with E-state index in [1.807, 2.05) is 0 Å².